The molecule has 0 saturated carbocycles. The predicted octanol–water partition coefficient (Wildman–Crippen LogP) is 0.252. The van der Waals surface area contributed by atoms with Gasteiger partial charge >= 0.3 is 6.09 Å². The van der Waals surface area contributed by atoms with E-state index < -0.39 is 24.1 Å². The van der Waals surface area contributed by atoms with Gasteiger partial charge in [0.15, 0.2) is 6.10 Å². The first-order chi connectivity index (χ1) is 10.8. The van der Waals surface area contributed by atoms with Gasteiger partial charge < -0.3 is 21.1 Å². The smallest absolute Gasteiger partial charge is 0.415 e. The van der Waals surface area contributed by atoms with E-state index in [1.807, 2.05) is 13.8 Å². The van der Waals surface area contributed by atoms with Gasteiger partial charge in [-0.1, -0.05) is 0 Å². The average Bonchev–Trinajstić information content (AvgIpc) is 2.99. The number of anilines is 2. The number of benzene rings is 1. The number of ether oxygens (including phenoxy) is 1. The Kier molecular flexibility index (Phi) is 3.48. The zero-order valence-corrected chi connectivity index (χ0v) is 12.9. The van der Waals surface area contributed by atoms with Gasteiger partial charge in [-0.05, 0) is 32.0 Å². The van der Waals surface area contributed by atoms with Crippen LogP contribution in [0.3, 0.4) is 0 Å². The molecule has 1 fully saturated rings. The van der Waals surface area contributed by atoms with Crippen molar-refractivity contribution in [2.24, 2.45) is 11.5 Å². The van der Waals surface area contributed by atoms with E-state index in [1.165, 1.54) is 4.90 Å². The molecule has 2 atom stereocenters. The third-order valence-electron chi connectivity index (χ3n) is 4.07. The van der Waals surface area contributed by atoms with E-state index in [-0.39, 0.29) is 18.5 Å². The van der Waals surface area contributed by atoms with Crippen molar-refractivity contribution < 1.29 is 19.1 Å². The molecule has 3 amide bonds. The van der Waals surface area contributed by atoms with E-state index in [2.05, 4.69) is 0 Å². The van der Waals surface area contributed by atoms with Gasteiger partial charge in [-0.15, -0.1) is 0 Å². The van der Waals surface area contributed by atoms with Gasteiger partial charge in [0.2, 0.25) is 5.91 Å². The number of primary amides is 1. The van der Waals surface area contributed by atoms with Crippen LogP contribution in [0.1, 0.15) is 25.5 Å². The van der Waals surface area contributed by atoms with Gasteiger partial charge in [-0.25, -0.2) is 4.79 Å². The molecule has 2 aliphatic heterocycles. The third-order valence-corrected chi connectivity index (χ3v) is 4.07. The highest BCUT2D eigenvalue weighted by Crippen LogP contribution is 2.38. The minimum absolute atomic E-state index is 0.0170. The Morgan fingerprint density at radius 3 is 2.61 bits per heavy atom. The fraction of sp³-hybridized carbons (Fsp3) is 0.400. The minimum Gasteiger partial charge on any atom is -0.434 e. The molecular formula is C15H18N4O4. The summed E-state index contributed by atoms with van der Waals surface area (Å²) in [5, 5.41) is 0. The number of carbonyl (C=O) groups excluding carboxylic acids is 3. The van der Waals surface area contributed by atoms with Crippen LogP contribution in [0, 0.1) is 0 Å². The second-order valence-corrected chi connectivity index (χ2v) is 5.91. The molecule has 8 nitrogen and oxygen atoms in total. The Labute approximate surface area is 133 Å². The fourth-order valence-corrected chi connectivity index (χ4v) is 2.93. The Hall–Kier alpha value is -2.61. The first-order valence-corrected chi connectivity index (χ1v) is 7.31. The lowest BCUT2D eigenvalue weighted by Crippen LogP contribution is -2.36. The van der Waals surface area contributed by atoms with E-state index >= 15 is 0 Å². The van der Waals surface area contributed by atoms with E-state index in [0.29, 0.717) is 11.3 Å². The number of nitrogens with zero attached hydrogens (tertiary/aromatic N) is 2. The van der Waals surface area contributed by atoms with Crippen molar-refractivity contribution >= 4 is 29.3 Å². The number of fused-ring (bicyclic) bond motifs is 1. The largest absolute Gasteiger partial charge is 0.434 e. The maximum absolute atomic E-state index is 12.3. The molecule has 0 aromatic heterocycles. The van der Waals surface area contributed by atoms with Crippen molar-refractivity contribution in [1.29, 1.82) is 0 Å². The maximum Gasteiger partial charge on any atom is 0.415 e. The Morgan fingerprint density at radius 2 is 2.04 bits per heavy atom. The molecule has 4 N–H and O–H groups in total. The zero-order chi connectivity index (χ0) is 16.9. The average molecular weight is 318 g/mol. The number of rotatable bonds is 3. The number of carbonyl (C=O) groups is 3. The summed E-state index contributed by atoms with van der Waals surface area (Å²) in [5.41, 5.74) is 13.1. The lowest BCUT2D eigenvalue weighted by molar-refractivity contribution is -0.124. The molecule has 2 aliphatic rings. The fourth-order valence-electron chi connectivity index (χ4n) is 2.93. The van der Waals surface area contributed by atoms with Crippen molar-refractivity contribution in [2.75, 3.05) is 16.3 Å². The van der Waals surface area contributed by atoms with Crippen LogP contribution in [0.15, 0.2) is 18.2 Å². The van der Waals surface area contributed by atoms with E-state index in [9.17, 15) is 14.4 Å². The molecule has 122 valence electrons. The van der Waals surface area contributed by atoms with Crippen LogP contribution >= 0.6 is 0 Å². The van der Waals surface area contributed by atoms with Gasteiger partial charge in [0.05, 0.1) is 6.54 Å². The highest BCUT2D eigenvalue weighted by molar-refractivity contribution is 6.06. The van der Waals surface area contributed by atoms with Crippen molar-refractivity contribution in [2.45, 2.75) is 32.0 Å². The van der Waals surface area contributed by atoms with Gasteiger partial charge in [0.25, 0.3) is 5.91 Å². The van der Waals surface area contributed by atoms with E-state index in [0.717, 1.165) is 5.69 Å². The summed E-state index contributed by atoms with van der Waals surface area (Å²) in [5.74, 6) is -0.869. The molecule has 0 spiro atoms. The highest BCUT2D eigenvalue weighted by atomic mass is 16.6. The third kappa shape index (κ3) is 2.31. The monoisotopic (exact) mass is 318 g/mol. The number of nitrogens with two attached hydrogens (primary N) is 2. The molecule has 1 aromatic carbocycles. The van der Waals surface area contributed by atoms with Gasteiger partial charge in [-0.3, -0.25) is 14.5 Å². The van der Waals surface area contributed by atoms with Crippen LogP contribution in [-0.2, 0) is 14.3 Å². The first kappa shape index (κ1) is 15.3. The minimum atomic E-state index is -0.974. The van der Waals surface area contributed by atoms with Gasteiger partial charge in [-0.2, -0.15) is 0 Å². The SMILES string of the molecule is CC(C)N1C(=O)C(N)c2cc(N3C[C@H](C(N)=O)OC3=O)ccc21. The zero-order valence-electron chi connectivity index (χ0n) is 12.9. The first-order valence-electron chi connectivity index (χ1n) is 7.31. The van der Waals surface area contributed by atoms with Crippen molar-refractivity contribution in [3.8, 4) is 0 Å². The lowest BCUT2D eigenvalue weighted by Gasteiger charge is -2.22. The predicted molar refractivity (Wildman–Crippen MR) is 82.8 cm³/mol. The van der Waals surface area contributed by atoms with Crippen LogP contribution < -0.4 is 21.3 Å². The van der Waals surface area contributed by atoms with E-state index in [1.54, 1.807) is 23.1 Å². The molecule has 0 radical (unpaired) electrons. The van der Waals surface area contributed by atoms with Crippen molar-refractivity contribution in [3.63, 3.8) is 0 Å². The van der Waals surface area contributed by atoms with Crippen LogP contribution in [-0.4, -0.2) is 36.6 Å². The Balaban J connectivity index is 1.95. The van der Waals surface area contributed by atoms with Crippen molar-refractivity contribution in [1.82, 2.24) is 0 Å². The molecule has 1 unspecified atom stereocenters. The van der Waals surface area contributed by atoms with Crippen LogP contribution in [0.25, 0.3) is 0 Å². The highest BCUT2D eigenvalue weighted by Gasteiger charge is 2.39. The summed E-state index contributed by atoms with van der Waals surface area (Å²) >= 11 is 0. The molecule has 1 aromatic rings. The molecule has 1 saturated heterocycles. The molecule has 8 heteroatoms. The molecule has 0 bridgehead atoms. The normalized spacial score (nSPS) is 23.5. The summed E-state index contributed by atoms with van der Waals surface area (Å²) in [6.45, 7) is 3.86. The summed E-state index contributed by atoms with van der Waals surface area (Å²) in [6.07, 6.45) is -1.62. The number of hydrogen-bond donors (Lipinski definition) is 2. The van der Waals surface area contributed by atoms with Crippen LogP contribution in [0.4, 0.5) is 16.2 Å². The second-order valence-electron chi connectivity index (χ2n) is 5.91. The molecule has 2 heterocycles. The number of hydrogen-bond acceptors (Lipinski definition) is 5. The molecule has 0 aliphatic carbocycles. The summed E-state index contributed by atoms with van der Waals surface area (Å²) in [4.78, 5) is 38.3. The molecular weight excluding hydrogens is 300 g/mol. The van der Waals surface area contributed by atoms with E-state index in [4.69, 9.17) is 16.2 Å². The number of cyclic esters (lactones) is 1. The summed E-state index contributed by atoms with van der Waals surface area (Å²) in [7, 11) is 0. The van der Waals surface area contributed by atoms with Gasteiger partial charge in [0.1, 0.15) is 6.04 Å². The maximum atomic E-state index is 12.3. The van der Waals surface area contributed by atoms with Crippen LogP contribution in [0.2, 0.25) is 0 Å². The Bertz CT molecular complexity index is 703. The van der Waals surface area contributed by atoms with Gasteiger partial charge in [0, 0.05) is 23.0 Å². The van der Waals surface area contributed by atoms with Crippen LogP contribution in [0.5, 0.6) is 0 Å². The lowest BCUT2D eigenvalue weighted by atomic mass is 10.1. The molecule has 23 heavy (non-hydrogen) atoms. The summed E-state index contributed by atoms with van der Waals surface area (Å²) in [6, 6.07) is 4.35. The molecule has 3 rings (SSSR count). The standard InChI is InChI=1S/C15H18N4O4/c1-7(2)19-10-4-3-8(5-9(10)12(16)14(19)21)18-6-11(13(17)20)23-15(18)22/h3-5,7,11-12H,6,16H2,1-2H3,(H2,17,20)/t11-,12?/m1/s1. The topological polar surface area (TPSA) is 119 Å². The second kappa shape index (κ2) is 5.24. The quantitative estimate of drug-likeness (QED) is 0.828. The number of amides is 3. The Morgan fingerprint density at radius 1 is 1.35 bits per heavy atom. The van der Waals surface area contributed by atoms with Crippen molar-refractivity contribution in [3.05, 3.63) is 23.8 Å². The summed E-state index contributed by atoms with van der Waals surface area (Å²) < 4.78 is 4.92.